The molecule has 16 heavy (non-hydrogen) atoms. The predicted octanol–water partition coefficient (Wildman–Crippen LogP) is 3.92. The van der Waals surface area contributed by atoms with Gasteiger partial charge < -0.3 is 5.32 Å². The molecule has 88 valence electrons. The Morgan fingerprint density at radius 3 is 2.62 bits per heavy atom. The molecule has 0 aliphatic rings. The van der Waals surface area contributed by atoms with Crippen molar-refractivity contribution in [1.29, 1.82) is 0 Å². The standard InChI is InChI=1S/C15H23N/c1-5-7-10-16-13(4)15-9-8-14(6-2)12(3)11-15/h8-9,11,16H,4-7,10H2,1-3H3. The van der Waals surface area contributed by atoms with Crippen molar-refractivity contribution in [3.8, 4) is 0 Å². The van der Waals surface area contributed by atoms with Crippen LogP contribution in [-0.2, 0) is 6.42 Å². The minimum Gasteiger partial charge on any atom is -0.385 e. The first kappa shape index (κ1) is 12.8. The van der Waals surface area contributed by atoms with Crippen LogP contribution in [-0.4, -0.2) is 6.54 Å². The molecular weight excluding hydrogens is 194 g/mol. The van der Waals surface area contributed by atoms with Gasteiger partial charge in [0.1, 0.15) is 0 Å². The highest BCUT2D eigenvalue weighted by Crippen LogP contribution is 2.16. The van der Waals surface area contributed by atoms with Crippen molar-refractivity contribution < 1.29 is 0 Å². The van der Waals surface area contributed by atoms with Crippen LogP contribution in [0.2, 0.25) is 0 Å². The van der Waals surface area contributed by atoms with E-state index in [9.17, 15) is 0 Å². The summed E-state index contributed by atoms with van der Waals surface area (Å²) in [7, 11) is 0. The van der Waals surface area contributed by atoms with Crippen LogP contribution in [0.25, 0.3) is 5.70 Å². The van der Waals surface area contributed by atoms with Gasteiger partial charge in [-0.2, -0.15) is 0 Å². The van der Waals surface area contributed by atoms with E-state index in [0.29, 0.717) is 0 Å². The van der Waals surface area contributed by atoms with Crippen LogP contribution in [0.1, 0.15) is 43.4 Å². The Kier molecular flexibility index (Phi) is 5.10. The second-order valence-corrected chi connectivity index (χ2v) is 4.25. The zero-order chi connectivity index (χ0) is 12.0. The molecule has 1 N–H and O–H groups in total. The number of nitrogens with one attached hydrogen (secondary N) is 1. The predicted molar refractivity (Wildman–Crippen MR) is 72.5 cm³/mol. The molecule has 0 aromatic heterocycles. The summed E-state index contributed by atoms with van der Waals surface area (Å²) in [6.07, 6.45) is 3.51. The monoisotopic (exact) mass is 217 g/mol. The second-order valence-electron chi connectivity index (χ2n) is 4.25. The number of benzene rings is 1. The third kappa shape index (κ3) is 3.41. The molecule has 0 atom stereocenters. The van der Waals surface area contributed by atoms with E-state index in [1.54, 1.807) is 0 Å². The van der Waals surface area contributed by atoms with Gasteiger partial charge in [0.25, 0.3) is 0 Å². The van der Waals surface area contributed by atoms with Crippen molar-refractivity contribution in [1.82, 2.24) is 5.32 Å². The van der Waals surface area contributed by atoms with Gasteiger partial charge in [-0.1, -0.05) is 39.0 Å². The first-order valence-corrected chi connectivity index (χ1v) is 6.21. The highest BCUT2D eigenvalue weighted by atomic mass is 14.9. The maximum Gasteiger partial charge on any atom is 0.0340 e. The van der Waals surface area contributed by atoms with Gasteiger partial charge in [0, 0.05) is 12.2 Å². The molecule has 0 amide bonds. The van der Waals surface area contributed by atoms with Crippen LogP contribution < -0.4 is 5.32 Å². The summed E-state index contributed by atoms with van der Waals surface area (Å²) < 4.78 is 0. The van der Waals surface area contributed by atoms with E-state index in [-0.39, 0.29) is 0 Å². The van der Waals surface area contributed by atoms with Gasteiger partial charge in [-0.05, 0) is 42.5 Å². The van der Waals surface area contributed by atoms with Crippen molar-refractivity contribution in [2.24, 2.45) is 0 Å². The van der Waals surface area contributed by atoms with Crippen LogP contribution in [0.4, 0.5) is 0 Å². The van der Waals surface area contributed by atoms with Crippen LogP contribution in [0.15, 0.2) is 24.8 Å². The fraction of sp³-hybridized carbons (Fsp3) is 0.467. The summed E-state index contributed by atoms with van der Waals surface area (Å²) in [4.78, 5) is 0. The maximum absolute atomic E-state index is 4.08. The van der Waals surface area contributed by atoms with Gasteiger partial charge in [0.05, 0.1) is 0 Å². The van der Waals surface area contributed by atoms with Gasteiger partial charge in [-0.15, -0.1) is 0 Å². The van der Waals surface area contributed by atoms with Crippen molar-refractivity contribution in [3.63, 3.8) is 0 Å². The Bertz CT molecular complexity index is 352. The molecular formula is C15H23N. The lowest BCUT2D eigenvalue weighted by Gasteiger charge is -2.11. The fourth-order valence-corrected chi connectivity index (χ4v) is 1.80. The van der Waals surface area contributed by atoms with Crippen molar-refractivity contribution in [2.75, 3.05) is 6.54 Å². The minimum atomic E-state index is 1.02. The first-order chi connectivity index (χ1) is 7.69. The zero-order valence-corrected chi connectivity index (χ0v) is 10.8. The first-order valence-electron chi connectivity index (χ1n) is 6.21. The highest BCUT2D eigenvalue weighted by molar-refractivity contribution is 5.62. The maximum atomic E-state index is 4.08. The van der Waals surface area contributed by atoms with Crippen LogP contribution in [0, 0.1) is 6.92 Å². The third-order valence-electron chi connectivity index (χ3n) is 2.94. The topological polar surface area (TPSA) is 12.0 Å². The molecule has 0 aliphatic carbocycles. The number of hydrogen-bond acceptors (Lipinski definition) is 1. The van der Waals surface area contributed by atoms with E-state index in [4.69, 9.17) is 0 Å². The normalized spacial score (nSPS) is 10.2. The third-order valence-corrected chi connectivity index (χ3v) is 2.94. The summed E-state index contributed by atoms with van der Waals surface area (Å²) >= 11 is 0. The highest BCUT2D eigenvalue weighted by Gasteiger charge is 2.01. The molecule has 1 nitrogen and oxygen atoms in total. The Morgan fingerprint density at radius 1 is 1.31 bits per heavy atom. The molecule has 1 aromatic rings. The number of hydrogen-bond donors (Lipinski definition) is 1. The Hall–Kier alpha value is -1.24. The van der Waals surface area contributed by atoms with Crippen LogP contribution in [0.3, 0.4) is 0 Å². The SMILES string of the molecule is C=C(NCCCC)c1ccc(CC)c(C)c1. The van der Waals surface area contributed by atoms with Gasteiger partial charge in [-0.25, -0.2) is 0 Å². The van der Waals surface area contributed by atoms with Crippen molar-refractivity contribution >= 4 is 5.70 Å². The summed E-state index contributed by atoms with van der Waals surface area (Å²) in [6.45, 7) is 11.7. The second kappa shape index (κ2) is 6.37. The number of unbranched alkanes of at least 4 members (excludes halogenated alkanes) is 1. The van der Waals surface area contributed by atoms with E-state index in [1.807, 2.05) is 0 Å². The quantitative estimate of drug-likeness (QED) is 0.712. The smallest absolute Gasteiger partial charge is 0.0340 e. The molecule has 0 fully saturated rings. The average Bonchev–Trinajstić information content (AvgIpc) is 2.29. The molecule has 0 saturated carbocycles. The largest absolute Gasteiger partial charge is 0.385 e. The lowest BCUT2D eigenvalue weighted by atomic mass is 10.0. The molecule has 0 heterocycles. The van der Waals surface area contributed by atoms with E-state index >= 15 is 0 Å². The lowest BCUT2D eigenvalue weighted by Crippen LogP contribution is -2.12. The molecule has 0 aliphatic heterocycles. The van der Waals surface area contributed by atoms with E-state index in [2.05, 4.69) is 50.9 Å². The lowest BCUT2D eigenvalue weighted by molar-refractivity contribution is 0.745. The molecule has 1 heteroatoms. The summed E-state index contributed by atoms with van der Waals surface area (Å²) in [6, 6.07) is 6.59. The Morgan fingerprint density at radius 2 is 2.06 bits per heavy atom. The average molecular weight is 217 g/mol. The molecule has 1 aromatic carbocycles. The summed E-state index contributed by atoms with van der Waals surface area (Å²) in [5.74, 6) is 0. The number of rotatable bonds is 6. The summed E-state index contributed by atoms with van der Waals surface area (Å²) in [5, 5.41) is 3.37. The molecule has 1 rings (SSSR count). The Balaban J connectivity index is 2.66. The van der Waals surface area contributed by atoms with Crippen molar-refractivity contribution in [2.45, 2.75) is 40.0 Å². The van der Waals surface area contributed by atoms with Crippen molar-refractivity contribution in [3.05, 3.63) is 41.5 Å². The zero-order valence-electron chi connectivity index (χ0n) is 10.8. The van der Waals surface area contributed by atoms with Gasteiger partial charge in [0.15, 0.2) is 0 Å². The number of aryl methyl sites for hydroxylation is 2. The fourth-order valence-electron chi connectivity index (χ4n) is 1.80. The van der Waals surface area contributed by atoms with Crippen LogP contribution >= 0.6 is 0 Å². The molecule has 0 spiro atoms. The van der Waals surface area contributed by atoms with E-state index in [0.717, 1.165) is 18.7 Å². The Labute approximate surface area is 99.6 Å². The van der Waals surface area contributed by atoms with Crippen LogP contribution in [0.5, 0.6) is 0 Å². The van der Waals surface area contributed by atoms with Gasteiger partial charge in [0.2, 0.25) is 0 Å². The molecule has 0 saturated heterocycles. The summed E-state index contributed by atoms with van der Waals surface area (Å²) in [5.41, 5.74) is 5.04. The van der Waals surface area contributed by atoms with E-state index in [1.165, 1.54) is 29.5 Å². The molecule has 0 radical (unpaired) electrons. The molecule has 0 bridgehead atoms. The van der Waals surface area contributed by atoms with Gasteiger partial charge in [-0.3, -0.25) is 0 Å². The van der Waals surface area contributed by atoms with Gasteiger partial charge >= 0.3 is 0 Å². The van der Waals surface area contributed by atoms with E-state index < -0.39 is 0 Å². The molecule has 0 unspecified atom stereocenters. The minimum absolute atomic E-state index is 1.02.